The smallest absolute Gasteiger partial charge is 0.238 e. The van der Waals surface area contributed by atoms with E-state index in [1.165, 1.54) is 11.1 Å². The van der Waals surface area contributed by atoms with Crippen molar-refractivity contribution in [3.63, 3.8) is 0 Å². The minimum atomic E-state index is 0.0628. The topological polar surface area (TPSA) is 35.6 Å². The van der Waals surface area contributed by atoms with Gasteiger partial charge in [-0.2, -0.15) is 11.3 Å². The van der Waals surface area contributed by atoms with Crippen molar-refractivity contribution in [3.8, 4) is 11.1 Å². The summed E-state index contributed by atoms with van der Waals surface area (Å²) >= 11 is 1.69. The SMILES string of the molecule is CN1CCN(CC(=O)Nc2ccc(-c3ccsc3)cc2)CC1. The zero-order valence-corrected chi connectivity index (χ0v) is 13.6. The summed E-state index contributed by atoms with van der Waals surface area (Å²) in [5.41, 5.74) is 3.26. The fourth-order valence-electron chi connectivity index (χ4n) is 2.58. The molecule has 2 heterocycles. The second kappa shape index (κ2) is 7.05. The molecule has 3 rings (SSSR count). The number of nitrogens with one attached hydrogen (secondary N) is 1. The zero-order chi connectivity index (χ0) is 15.4. The van der Waals surface area contributed by atoms with Gasteiger partial charge in [-0.15, -0.1) is 0 Å². The van der Waals surface area contributed by atoms with Crippen LogP contribution in [0, 0.1) is 0 Å². The van der Waals surface area contributed by atoms with Crippen LogP contribution < -0.4 is 5.32 Å². The first-order chi connectivity index (χ1) is 10.7. The summed E-state index contributed by atoms with van der Waals surface area (Å²) in [4.78, 5) is 16.6. The molecule has 0 radical (unpaired) electrons. The molecule has 1 fully saturated rings. The molecular formula is C17H21N3OS. The highest BCUT2D eigenvalue weighted by Crippen LogP contribution is 2.23. The van der Waals surface area contributed by atoms with Crippen LogP contribution in [-0.2, 0) is 4.79 Å². The Balaban J connectivity index is 1.53. The maximum absolute atomic E-state index is 12.1. The molecule has 1 aliphatic heterocycles. The molecule has 0 aliphatic carbocycles. The van der Waals surface area contributed by atoms with Gasteiger partial charge in [-0.1, -0.05) is 12.1 Å². The highest BCUT2D eigenvalue weighted by molar-refractivity contribution is 7.08. The highest BCUT2D eigenvalue weighted by atomic mass is 32.1. The lowest BCUT2D eigenvalue weighted by Crippen LogP contribution is -2.47. The third-order valence-corrected chi connectivity index (χ3v) is 4.67. The van der Waals surface area contributed by atoms with Crippen molar-refractivity contribution in [2.45, 2.75) is 0 Å². The Bertz CT molecular complexity index is 601. The van der Waals surface area contributed by atoms with Crippen LogP contribution in [0.2, 0.25) is 0 Å². The number of carbonyl (C=O) groups is 1. The molecule has 0 atom stereocenters. The lowest BCUT2D eigenvalue weighted by Gasteiger charge is -2.31. The Kier molecular flexibility index (Phi) is 4.87. The van der Waals surface area contributed by atoms with E-state index >= 15 is 0 Å². The van der Waals surface area contributed by atoms with Crippen LogP contribution in [0.4, 0.5) is 5.69 Å². The fraction of sp³-hybridized carbons (Fsp3) is 0.353. The summed E-state index contributed by atoms with van der Waals surface area (Å²) in [5.74, 6) is 0.0628. The van der Waals surface area contributed by atoms with Crippen molar-refractivity contribution >= 4 is 22.9 Å². The van der Waals surface area contributed by atoms with Crippen molar-refractivity contribution in [3.05, 3.63) is 41.1 Å². The standard InChI is InChI=1S/C17H21N3OS/c1-19-7-9-20(10-8-19)12-17(21)18-16-4-2-14(3-5-16)15-6-11-22-13-15/h2-6,11,13H,7-10,12H2,1H3,(H,18,21). The molecule has 1 saturated heterocycles. The average molecular weight is 315 g/mol. The van der Waals surface area contributed by atoms with Crippen LogP contribution >= 0.6 is 11.3 Å². The van der Waals surface area contributed by atoms with E-state index in [-0.39, 0.29) is 5.91 Å². The molecule has 1 aliphatic rings. The van der Waals surface area contributed by atoms with E-state index in [0.717, 1.165) is 31.9 Å². The summed E-state index contributed by atoms with van der Waals surface area (Å²) in [5, 5.41) is 7.18. The van der Waals surface area contributed by atoms with E-state index < -0.39 is 0 Å². The molecule has 2 aromatic rings. The van der Waals surface area contributed by atoms with Crippen LogP contribution in [0.3, 0.4) is 0 Å². The van der Waals surface area contributed by atoms with Crippen molar-refractivity contribution in [2.24, 2.45) is 0 Å². The molecule has 4 nitrogen and oxygen atoms in total. The van der Waals surface area contributed by atoms with E-state index in [1.807, 2.05) is 24.3 Å². The van der Waals surface area contributed by atoms with Gasteiger partial charge < -0.3 is 10.2 Å². The predicted octanol–water partition coefficient (Wildman–Crippen LogP) is 2.60. The van der Waals surface area contributed by atoms with Gasteiger partial charge >= 0.3 is 0 Å². The predicted molar refractivity (Wildman–Crippen MR) is 92.3 cm³/mol. The van der Waals surface area contributed by atoms with Crippen LogP contribution in [0.1, 0.15) is 0 Å². The Morgan fingerprint density at radius 2 is 1.82 bits per heavy atom. The summed E-state index contributed by atoms with van der Waals surface area (Å²) in [6.45, 7) is 4.45. The van der Waals surface area contributed by atoms with Crippen LogP contribution in [0.5, 0.6) is 0 Å². The molecule has 1 N–H and O–H groups in total. The molecule has 1 aromatic heterocycles. The number of piperazine rings is 1. The quantitative estimate of drug-likeness (QED) is 0.942. The van der Waals surface area contributed by atoms with Gasteiger partial charge in [0.05, 0.1) is 6.54 Å². The van der Waals surface area contributed by atoms with E-state index in [4.69, 9.17) is 0 Å². The molecule has 1 aromatic carbocycles. The third kappa shape index (κ3) is 3.94. The Morgan fingerprint density at radius 3 is 2.45 bits per heavy atom. The van der Waals surface area contributed by atoms with Gasteiger partial charge in [0.15, 0.2) is 0 Å². The van der Waals surface area contributed by atoms with Gasteiger partial charge in [0.1, 0.15) is 0 Å². The molecule has 0 saturated carbocycles. The van der Waals surface area contributed by atoms with E-state index in [9.17, 15) is 4.79 Å². The summed E-state index contributed by atoms with van der Waals surface area (Å²) in [7, 11) is 2.12. The van der Waals surface area contributed by atoms with Gasteiger partial charge in [-0.3, -0.25) is 9.69 Å². The molecular weight excluding hydrogens is 294 g/mol. The number of hydrogen-bond donors (Lipinski definition) is 1. The maximum atomic E-state index is 12.1. The molecule has 0 bridgehead atoms. The second-order valence-corrected chi connectivity index (χ2v) is 6.50. The number of nitrogens with zero attached hydrogens (tertiary/aromatic N) is 2. The summed E-state index contributed by atoms with van der Waals surface area (Å²) in [6, 6.07) is 10.1. The lowest BCUT2D eigenvalue weighted by atomic mass is 10.1. The molecule has 1 amide bonds. The number of amides is 1. The van der Waals surface area contributed by atoms with E-state index in [2.05, 4.69) is 39.0 Å². The van der Waals surface area contributed by atoms with Crippen LogP contribution in [-0.4, -0.2) is 55.5 Å². The number of carbonyl (C=O) groups excluding carboxylic acids is 1. The van der Waals surface area contributed by atoms with Crippen molar-refractivity contribution in [1.29, 1.82) is 0 Å². The third-order valence-electron chi connectivity index (χ3n) is 3.99. The molecule has 0 unspecified atom stereocenters. The van der Waals surface area contributed by atoms with Gasteiger partial charge in [0.25, 0.3) is 0 Å². The number of hydrogen-bond acceptors (Lipinski definition) is 4. The Labute approximate surface area is 135 Å². The zero-order valence-electron chi connectivity index (χ0n) is 12.8. The fourth-order valence-corrected chi connectivity index (χ4v) is 3.25. The lowest BCUT2D eigenvalue weighted by molar-refractivity contribution is -0.117. The van der Waals surface area contributed by atoms with Crippen LogP contribution in [0.15, 0.2) is 41.1 Å². The number of rotatable bonds is 4. The number of likely N-dealkylation sites (N-methyl/N-ethyl adjacent to an activating group) is 1. The van der Waals surface area contributed by atoms with E-state index in [1.54, 1.807) is 11.3 Å². The van der Waals surface area contributed by atoms with Crippen molar-refractivity contribution in [1.82, 2.24) is 9.80 Å². The molecule has 0 spiro atoms. The number of thiophene rings is 1. The second-order valence-electron chi connectivity index (χ2n) is 5.72. The first-order valence-corrected chi connectivity index (χ1v) is 8.48. The van der Waals surface area contributed by atoms with E-state index in [0.29, 0.717) is 6.54 Å². The van der Waals surface area contributed by atoms with Gasteiger partial charge in [0.2, 0.25) is 5.91 Å². The first-order valence-electron chi connectivity index (χ1n) is 7.54. The monoisotopic (exact) mass is 315 g/mol. The van der Waals surface area contributed by atoms with Gasteiger partial charge in [0, 0.05) is 31.9 Å². The number of benzene rings is 1. The first kappa shape index (κ1) is 15.2. The minimum Gasteiger partial charge on any atom is -0.325 e. The Morgan fingerprint density at radius 1 is 1.09 bits per heavy atom. The largest absolute Gasteiger partial charge is 0.325 e. The maximum Gasteiger partial charge on any atom is 0.238 e. The molecule has 116 valence electrons. The molecule has 22 heavy (non-hydrogen) atoms. The average Bonchev–Trinajstić information content (AvgIpc) is 3.05. The van der Waals surface area contributed by atoms with Gasteiger partial charge in [-0.05, 0) is 47.1 Å². The Hall–Kier alpha value is -1.69. The minimum absolute atomic E-state index is 0.0628. The van der Waals surface area contributed by atoms with Gasteiger partial charge in [-0.25, -0.2) is 0 Å². The number of anilines is 1. The van der Waals surface area contributed by atoms with Crippen LogP contribution in [0.25, 0.3) is 11.1 Å². The normalized spacial score (nSPS) is 16.6. The highest BCUT2D eigenvalue weighted by Gasteiger charge is 2.16. The summed E-state index contributed by atoms with van der Waals surface area (Å²) in [6.07, 6.45) is 0. The molecule has 5 heteroatoms. The van der Waals surface area contributed by atoms with Crippen molar-refractivity contribution < 1.29 is 4.79 Å². The summed E-state index contributed by atoms with van der Waals surface area (Å²) < 4.78 is 0. The van der Waals surface area contributed by atoms with Crippen molar-refractivity contribution in [2.75, 3.05) is 45.1 Å².